The number of carbonyl (C=O) groups is 2. The van der Waals surface area contributed by atoms with E-state index in [1.807, 2.05) is 84.7 Å². The summed E-state index contributed by atoms with van der Waals surface area (Å²) < 4.78 is 13.0. The zero-order chi connectivity index (χ0) is 34.8. The molecule has 10 heteroatoms. The first-order valence-corrected chi connectivity index (χ1v) is 16.5. The number of phenols is 1. The quantitative estimate of drug-likeness (QED) is 0.109. The number of rotatable bonds is 15. The smallest absolute Gasteiger partial charge is 0.303 e. The summed E-state index contributed by atoms with van der Waals surface area (Å²) in [4.78, 5) is 25.1. The average Bonchev–Trinajstić information content (AvgIpc) is 3.10. The monoisotopic (exact) mass is 668 g/mol. The summed E-state index contributed by atoms with van der Waals surface area (Å²) in [5, 5.41) is 41.9. The summed E-state index contributed by atoms with van der Waals surface area (Å²) in [5.41, 5.74) is 6.15. The largest absolute Gasteiger partial charge is 0.508 e. The number of amides is 1. The molecule has 1 aliphatic rings. The fourth-order valence-electron chi connectivity index (χ4n) is 6.05. The third kappa shape index (κ3) is 10.2. The third-order valence-corrected chi connectivity index (χ3v) is 8.65. The molecule has 4 aromatic rings. The standard InChI is InChI=1S/C39H44N2O8/c1-41(24-35(44)30-7-4-8-32(43)20-30)23-33-21-36(28-14-12-26(25-42)13-15-28)49-39(48-33)29-18-16-27(17-19-29)34-9-3-2-6-31(34)22-40-37(45)10-5-11-38(46)47/h2-4,6-9,12-20,33,35-36,39,42-44H,5,10-11,21-25H2,1H3,(H,40,45)(H,46,47). The molecule has 0 saturated carbocycles. The fourth-order valence-corrected chi connectivity index (χ4v) is 6.05. The minimum Gasteiger partial charge on any atom is -0.508 e. The van der Waals surface area contributed by atoms with Gasteiger partial charge in [0.2, 0.25) is 5.91 Å². The highest BCUT2D eigenvalue weighted by molar-refractivity contribution is 5.77. The molecule has 1 fully saturated rings. The van der Waals surface area contributed by atoms with Crippen LogP contribution in [0, 0.1) is 0 Å². The predicted octanol–water partition coefficient (Wildman–Crippen LogP) is 5.63. The molecule has 0 spiro atoms. The molecule has 0 aromatic heterocycles. The lowest BCUT2D eigenvalue weighted by atomic mass is 9.97. The second kappa shape index (κ2) is 17.2. The zero-order valence-electron chi connectivity index (χ0n) is 27.6. The number of aliphatic carboxylic acids is 1. The van der Waals surface area contributed by atoms with Gasteiger partial charge in [0.1, 0.15) is 5.75 Å². The Morgan fingerprint density at radius 2 is 1.65 bits per heavy atom. The minimum atomic E-state index is -0.915. The number of hydrogen-bond acceptors (Lipinski definition) is 8. The van der Waals surface area contributed by atoms with Gasteiger partial charge in [0, 0.05) is 44.5 Å². The maximum atomic E-state index is 12.3. The Morgan fingerprint density at radius 3 is 2.37 bits per heavy atom. The second-order valence-electron chi connectivity index (χ2n) is 12.5. The van der Waals surface area contributed by atoms with E-state index in [4.69, 9.17) is 14.6 Å². The number of carboxylic acid groups (broad SMARTS) is 1. The summed E-state index contributed by atoms with van der Waals surface area (Å²) >= 11 is 0. The van der Waals surface area contributed by atoms with Crippen molar-refractivity contribution in [3.05, 3.63) is 125 Å². The number of aliphatic hydroxyl groups excluding tert-OH is 2. The van der Waals surface area contributed by atoms with Crippen LogP contribution in [-0.2, 0) is 32.2 Å². The summed E-state index contributed by atoms with van der Waals surface area (Å²) in [6.45, 7) is 1.17. The number of carbonyl (C=O) groups excluding carboxylic acids is 1. The Labute approximate surface area is 286 Å². The minimum absolute atomic E-state index is 0.0392. The van der Waals surface area contributed by atoms with Crippen molar-refractivity contribution in [2.24, 2.45) is 0 Å². The second-order valence-corrected chi connectivity index (χ2v) is 12.5. The van der Waals surface area contributed by atoms with E-state index in [1.165, 1.54) is 0 Å². The van der Waals surface area contributed by atoms with Crippen molar-refractivity contribution in [3.63, 3.8) is 0 Å². The molecule has 1 aliphatic heterocycles. The van der Waals surface area contributed by atoms with Gasteiger partial charge in [-0.15, -0.1) is 0 Å². The number of carboxylic acids is 1. The van der Waals surface area contributed by atoms with Gasteiger partial charge in [-0.3, -0.25) is 9.59 Å². The number of hydrogen-bond donors (Lipinski definition) is 5. The Morgan fingerprint density at radius 1 is 0.918 bits per heavy atom. The maximum Gasteiger partial charge on any atom is 0.303 e. The number of phenolic OH excluding ortho intramolecular Hbond substituents is 1. The van der Waals surface area contributed by atoms with Gasteiger partial charge in [-0.25, -0.2) is 0 Å². The summed E-state index contributed by atoms with van der Waals surface area (Å²) in [6, 6.07) is 30.1. The van der Waals surface area contributed by atoms with E-state index >= 15 is 0 Å². The van der Waals surface area contributed by atoms with Gasteiger partial charge in [-0.2, -0.15) is 0 Å². The van der Waals surface area contributed by atoms with Gasteiger partial charge in [0.15, 0.2) is 6.29 Å². The van der Waals surface area contributed by atoms with E-state index in [9.17, 15) is 24.9 Å². The SMILES string of the molecule is CN(CC1CC(c2ccc(CO)cc2)OC(c2ccc(-c3ccccc3CNC(=O)CCCC(=O)O)cc2)O1)CC(O)c1cccc(O)c1. The molecular formula is C39H44N2O8. The molecule has 4 unspecified atom stereocenters. The Kier molecular flexibility index (Phi) is 12.5. The number of aromatic hydroxyl groups is 1. The van der Waals surface area contributed by atoms with Crippen molar-refractivity contribution < 1.29 is 39.5 Å². The zero-order valence-corrected chi connectivity index (χ0v) is 27.6. The van der Waals surface area contributed by atoms with Crippen LogP contribution < -0.4 is 5.32 Å². The van der Waals surface area contributed by atoms with E-state index < -0.39 is 18.4 Å². The summed E-state index contributed by atoms with van der Waals surface area (Å²) in [6.07, 6.45) is -0.913. The number of aliphatic hydroxyl groups is 2. The molecule has 5 N–H and O–H groups in total. The molecule has 1 saturated heterocycles. The molecule has 0 aliphatic carbocycles. The van der Waals surface area contributed by atoms with E-state index in [0.29, 0.717) is 38.0 Å². The van der Waals surface area contributed by atoms with E-state index in [1.54, 1.807) is 24.3 Å². The van der Waals surface area contributed by atoms with Crippen LogP contribution in [0.4, 0.5) is 0 Å². The normalized spacial score (nSPS) is 18.2. The first kappa shape index (κ1) is 35.7. The Hall–Kier alpha value is -4.58. The molecular weight excluding hydrogens is 624 g/mol. The molecule has 0 radical (unpaired) electrons. The summed E-state index contributed by atoms with van der Waals surface area (Å²) in [7, 11) is 1.93. The average molecular weight is 669 g/mol. The van der Waals surface area contributed by atoms with Crippen LogP contribution in [-0.4, -0.2) is 63.4 Å². The molecule has 258 valence electrons. The first-order chi connectivity index (χ1) is 23.7. The molecule has 49 heavy (non-hydrogen) atoms. The molecule has 1 heterocycles. The summed E-state index contributed by atoms with van der Waals surface area (Å²) in [5.74, 6) is -0.995. The van der Waals surface area contributed by atoms with Crippen LogP contribution in [0.15, 0.2) is 97.1 Å². The van der Waals surface area contributed by atoms with Crippen LogP contribution in [0.1, 0.15) is 72.0 Å². The number of ether oxygens (including phenoxy) is 2. The van der Waals surface area contributed by atoms with Crippen LogP contribution in [0.2, 0.25) is 0 Å². The molecule has 10 nitrogen and oxygen atoms in total. The lowest BCUT2D eigenvalue weighted by Gasteiger charge is -2.38. The number of nitrogens with one attached hydrogen (secondary N) is 1. The van der Waals surface area contributed by atoms with Crippen molar-refractivity contribution in [1.29, 1.82) is 0 Å². The van der Waals surface area contributed by atoms with E-state index in [0.717, 1.165) is 33.4 Å². The van der Waals surface area contributed by atoms with Crippen molar-refractivity contribution in [3.8, 4) is 16.9 Å². The van der Waals surface area contributed by atoms with Gasteiger partial charge in [0.05, 0.1) is 24.9 Å². The van der Waals surface area contributed by atoms with Crippen LogP contribution in [0.5, 0.6) is 5.75 Å². The van der Waals surface area contributed by atoms with Crippen LogP contribution in [0.3, 0.4) is 0 Å². The molecule has 1 amide bonds. The number of benzene rings is 4. The first-order valence-electron chi connectivity index (χ1n) is 16.5. The fraction of sp³-hybridized carbons (Fsp3) is 0.333. The van der Waals surface area contributed by atoms with Gasteiger partial charge in [-0.05, 0) is 59.0 Å². The molecule has 0 bridgehead atoms. The topological polar surface area (TPSA) is 149 Å². The molecule has 5 rings (SSSR count). The lowest BCUT2D eigenvalue weighted by molar-refractivity contribution is -0.252. The highest BCUT2D eigenvalue weighted by Gasteiger charge is 2.33. The highest BCUT2D eigenvalue weighted by Crippen LogP contribution is 2.39. The van der Waals surface area contributed by atoms with Crippen molar-refractivity contribution in [2.75, 3.05) is 20.1 Å². The van der Waals surface area contributed by atoms with Gasteiger partial charge < -0.3 is 40.1 Å². The number of nitrogens with zero attached hydrogens (tertiary/aromatic N) is 1. The highest BCUT2D eigenvalue weighted by atomic mass is 16.7. The van der Waals surface area contributed by atoms with Crippen molar-refractivity contribution >= 4 is 11.9 Å². The third-order valence-electron chi connectivity index (χ3n) is 8.65. The van der Waals surface area contributed by atoms with Gasteiger partial charge in [-0.1, -0.05) is 84.9 Å². The van der Waals surface area contributed by atoms with E-state index in [-0.39, 0.29) is 43.3 Å². The lowest BCUT2D eigenvalue weighted by Crippen LogP contribution is -2.39. The van der Waals surface area contributed by atoms with Crippen molar-refractivity contribution in [2.45, 2.75) is 63.4 Å². The van der Waals surface area contributed by atoms with Crippen LogP contribution >= 0.6 is 0 Å². The van der Waals surface area contributed by atoms with Gasteiger partial charge in [0.25, 0.3) is 0 Å². The Bertz CT molecular complexity index is 1680. The van der Waals surface area contributed by atoms with E-state index in [2.05, 4.69) is 5.32 Å². The Balaban J connectivity index is 1.29. The van der Waals surface area contributed by atoms with Gasteiger partial charge >= 0.3 is 5.97 Å². The van der Waals surface area contributed by atoms with Crippen molar-refractivity contribution in [1.82, 2.24) is 10.2 Å². The number of likely N-dealkylation sites (N-methyl/N-ethyl adjacent to an activating group) is 1. The maximum absolute atomic E-state index is 12.3. The van der Waals surface area contributed by atoms with Crippen LogP contribution in [0.25, 0.3) is 11.1 Å². The predicted molar refractivity (Wildman–Crippen MR) is 184 cm³/mol. The molecule has 4 atom stereocenters. The molecule has 4 aromatic carbocycles.